The highest BCUT2D eigenvalue weighted by Crippen LogP contribution is 2.20. The molecule has 2 heterocycles. The smallest absolute Gasteiger partial charge is 0.253 e. The van der Waals surface area contributed by atoms with E-state index in [1.54, 1.807) is 6.26 Å². The number of aromatic amines is 1. The van der Waals surface area contributed by atoms with Gasteiger partial charge in [-0.2, -0.15) is 0 Å². The summed E-state index contributed by atoms with van der Waals surface area (Å²) in [5.74, 6) is 0.802. The number of fused-ring (bicyclic) bond motifs is 1. The van der Waals surface area contributed by atoms with E-state index in [1.807, 2.05) is 36.1 Å². The fraction of sp³-hybridized carbons (Fsp3) is 0.391. The number of hydrogen-bond donors (Lipinski definition) is 2. The zero-order chi connectivity index (χ0) is 21.7. The van der Waals surface area contributed by atoms with Crippen LogP contribution in [-0.2, 0) is 13.1 Å². The molecule has 1 aromatic carbocycles. The summed E-state index contributed by atoms with van der Waals surface area (Å²) in [5, 5.41) is 5.00. The number of aromatic nitrogens is 1. The summed E-state index contributed by atoms with van der Waals surface area (Å²) >= 11 is 5.66. The Morgan fingerprint density at radius 2 is 1.93 bits per heavy atom. The molecule has 0 aliphatic carbocycles. The van der Waals surface area contributed by atoms with Crippen LogP contribution in [0.3, 0.4) is 0 Å². The quantitative estimate of drug-likeness (QED) is 0.424. The number of nitrogens with zero attached hydrogens (tertiary/aromatic N) is 2. The van der Waals surface area contributed by atoms with Crippen molar-refractivity contribution in [2.75, 3.05) is 27.2 Å². The van der Waals surface area contributed by atoms with Crippen molar-refractivity contribution in [3.63, 3.8) is 0 Å². The molecule has 3 rings (SSSR count). The van der Waals surface area contributed by atoms with Crippen molar-refractivity contribution in [2.45, 2.75) is 33.4 Å². The molecule has 0 spiro atoms. The number of nitrogens with one attached hydrogen (secondary N) is 2. The van der Waals surface area contributed by atoms with Crippen molar-refractivity contribution < 1.29 is 4.42 Å². The molecule has 0 bridgehead atoms. The molecule has 0 aliphatic rings. The van der Waals surface area contributed by atoms with Gasteiger partial charge in [-0.1, -0.05) is 12.1 Å². The molecule has 3 aromatic rings. The van der Waals surface area contributed by atoms with Gasteiger partial charge in [-0.25, -0.2) is 0 Å². The Bertz CT molecular complexity index is 1060. The first-order valence-corrected chi connectivity index (χ1v) is 10.6. The largest absolute Gasteiger partial charge is 0.467 e. The second-order valence-electron chi connectivity index (χ2n) is 7.94. The topological polar surface area (TPSA) is 64.5 Å². The summed E-state index contributed by atoms with van der Waals surface area (Å²) in [7, 11) is 4.11. The van der Waals surface area contributed by atoms with Crippen molar-refractivity contribution in [3.8, 4) is 0 Å². The maximum Gasteiger partial charge on any atom is 0.253 e. The number of pyridine rings is 1. The van der Waals surface area contributed by atoms with Crippen LogP contribution in [0.15, 0.2) is 45.8 Å². The third-order valence-corrected chi connectivity index (χ3v) is 5.56. The number of furan rings is 1. The Morgan fingerprint density at radius 1 is 1.17 bits per heavy atom. The molecule has 2 aromatic heterocycles. The molecule has 6 nitrogen and oxygen atoms in total. The van der Waals surface area contributed by atoms with Crippen LogP contribution in [0, 0.1) is 13.8 Å². The first kappa shape index (κ1) is 22.1. The van der Waals surface area contributed by atoms with E-state index >= 15 is 0 Å². The Labute approximate surface area is 182 Å². The molecule has 0 atom stereocenters. The Morgan fingerprint density at radius 3 is 2.63 bits per heavy atom. The standard InChI is InChI=1S/C23H30N4O2S/c1-16-8-9-17(2)21-20(16)13-18(22(28)25-21)14-27(15-19-7-5-12-29-19)23(30)24-10-6-11-26(3)4/h5,7-9,12-13H,6,10-11,14-15H2,1-4H3,(H,24,30)(H,25,28). The minimum Gasteiger partial charge on any atom is -0.467 e. The highest BCUT2D eigenvalue weighted by Gasteiger charge is 2.16. The highest BCUT2D eigenvalue weighted by atomic mass is 32.1. The zero-order valence-corrected chi connectivity index (χ0v) is 18.9. The molecule has 7 heteroatoms. The zero-order valence-electron chi connectivity index (χ0n) is 18.1. The molecule has 0 unspecified atom stereocenters. The van der Waals surface area contributed by atoms with Crippen molar-refractivity contribution >= 4 is 28.2 Å². The molecule has 2 N–H and O–H groups in total. The minimum atomic E-state index is -0.0870. The van der Waals surface area contributed by atoms with E-state index in [2.05, 4.69) is 42.3 Å². The summed E-state index contributed by atoms with van der Waals surface area (Å²) < 4.78 is 5.52. The van der Waals surface area contributed by atoms with Gasteiger partial charge in [-0.15, -0.1) is 0 Å². The molecule has 0 radical (unpaired) electrons. The second-order valence-corrected chi connectivity index (χ2v) is 8.32. The first-order chi connectivity index (χ1) is 14.3. The third kappa shape index (κ3) is 5.49. The van der Waals surface area contributed by atoms with E-state index in [0.29, 0.717) is 23.8 Å². The normalized spacial score (nSPS) is 11.2. The van der Waals surface area contributed by atoms with Crippen molar-refractivity contribution in [1.82, 2.24) is 20.1 Å². The average Bonchev–Trinajstić information content (AvgIpc) is 3.21. The van der Waals surface area contributed by atoms with Gasteiger partial charge in [0.1, 0.15) is 5.76 Å². The lowest BCUT2D eigenvalue weighted by molar-refractivity contribution is 0.348. The van der Waals surface area contributed by atoms with Gasteiger partial charge >= 0.3 is 0 Å². The molecule has 0 saturated heterocycles. The Hall–Kier alpha value is -2.64. The number of hydrogen-bond acceptors (Lipinski definition) is 4. The summed E-state index contributed by atoms with van der Waals surface area (Å²) in [5.41, 5.74) is 3.68. The Balaban J connectivity index is 1.83. The predicted molar refractivity (Wildman–Crippen MR) is 126 cm³/mol. The summed E-state index contributed by atoms with van der Waals surface area (Å²) in [6, 6.07) is 9.87. The summed E-state index contributed by atoms with van der Waals surface area (Å²) in [6.07, 6.45) is 2.63. The highest BCUT2D eigenvalue weighted by molar-refractivity contribution is 7.80. The maximum absolute atomic E-state index is 12.8. The lowest BCUT2D eigenvalue weighted by Crippen LogP contribution is -2.40. The van der Waals surface area contributed by atoms with Crippen LogP contribution in [0.25, 0.3) is 10.9 Å². The van der Waals surface area contributed by atoms with Crippen LogP contribution < -0.4 is 10.9 Å². The van der Waals surface area contributed by atoms with Crippen LogP contribution in [0.5, 0.6) is 0 Å². The van der Waals surface area contributed by atoms with E-state index < -0.39 is 0 Å². The van der Waals surface area contributed by atoms with Crippen molar-refractivity contribution in [2.24, 2.45) is 0 Å². The van der Waals surface area contributed by atoms with Gasteiger partial charge in [0.2, 0.25) is 0 Å². The minimum absolute atomic E-state index is 0.0870. The van der Waals surface area contributed by atoms with Gasteiger partial charge in [0.25, 0.3) is 5.56 Å². The van der Waals surface area contributed by atoms with E-state index in [9.17, 15) is 4.79 Å². The van der Waals surface area contributed by atoms with Crippen LogP contribution in [0.1, 0.15) is 28.9 Å². The molecule has 0 amide bonds. The van der Waals surface area contributed by atoms with Crippen molar-refractivity contribution in [1.29, 1.82) is 0 Å². The van der Waals surface area contributed by atoms with Crippen molar-refractivity contribution in [3.05, 3.63) is 69.4 Å². The number of aryl methyl sites for hydroxylation is 2. The predicted octanol–water partition coefficient (Wildman–Crippen LogP) is 3.57. The van der Waals surface area contributed by atoms with Crippen LogP contribution >= 0.6 is 12.2 Å². The molecule has 160 valence electrons. The fourth-order valence-corrected chi connectivity index (χ4v) is 3.67. The molecular formula is C23H30N4O2S. The SMILES string of the molecule is Cc1ccc(C)c2[nH]c(=O)c(CN(Cc3ccco3)C(=S)NCCCN(C)C)cc12. The maximum atomic E-state index is 12.8. The number of benzene rings is 1. The Kier molecular flexibility index (Phi) is 7.29. The first-order valence-electron chi connectivity index (χ1n) is 10.2. The van der Waals surface area contributed by atoms with E-state index in [0.717, 1.165) is 47.3 Å². The van der Waals surface area contributed by atoms with Gasteiger partial charge < -0.3 is 24.5 Å². The third-order valence-electron chi connectivity index (χ3n) is 5.15. The average molecular weight is 427 g/mol. The lowest BCUT2D eigenvalue weighted by atomic mass is 10.0. The van der Waals surface area contributed by atoms with Gasteiger partial charge in [0, 0.05) is 17.5 Å². The van der Waals surface area contributed by atoms with Gasteiger partial charge in [0.05, 0.1) is 24.9 Å². The number of thiocarbonyl (C=S) groups is 1. The molecule has 0 saturated carbocycles. The number of H-pyrrole nitrogens is 1. The molecule has 30 heavy (non-hydrogen) atoms. The van der Waals surface area contributed by atoms with Gasteiger partial charge in [-0.05, 0) is 82.5 Å². The fourth-order valence-electron chi connectivity index (χ4n) is 3.43. The monoisotopic (exact) mass is 426 g/mol. The van der Waals surface area contributed by atoms with E-state index in [-0.39, 0.29) is 5.56 Å². The van der Waals surface area contributed by atoms with Gasteiger partial charge in [0.15, 0.2) is 5.11 Å². The number of rotatable bonds is 8. The van der Waals surface area contributed by atoms with Crippen LogP contribution in [0.2, 0.25) is 0 Å². The van der Waals surface area contributed by atoms with E-state index in [1.165, 1.54) is 0 Å². The van der Waals surface area contributed by atoms with Crippen LogP contribution in [-0.4, -0.2) is 47.1 Å². The van der Waals surface area contributed by atoms with Gasteiger partial charge in [-0.3, -0.25) is 4.79 Å². The lowest BCUT2D eigenvalue weighted by Gasteiger charge is -2.25. The summed E-state index contributed by atoms with van der Waals surface area (Å²) in [4.78, 5) is 20.0. The molecule has 0 aliphatic heterocycles. The second kappa shape index (κ2) is 9.91. The molecular weight excluding hydrogens is 396 g/mol. The van der Waals surface area contributed by atoms with Crippen LogP contribution in [0.4, 0.5) is 0 Å². The summed E-state index contributed by atoms with van der Waals surface area (Å²) in [6.45, 7) is 6.72. The van der Waals surface area contributed by atoms with E-state index in [4.69, 9.17) is 16.6 Å². The molecule has 0 fully saturated rings.